The van der Waals surface area contributed by atoms with Crippen LogP contribution in [0.5, 0.6) is 0 Å². The normalized spacial score (nSPS) is 26.9. The highest BCUT2D eigenvalue weighted by molar-refractivity contribution is 9.10. The Hall–Kier alpha value is -0.0300. The molecule has 1 aliphatic rings. The first-order valence-corrected chi connectivity index (χ1v) is 9.01. The lowest BCUT2D eigenvalue weighted by molar-refractivity contribution is 0.115. The van der Waals surface area contributed by atoms with Crippen LogP contribution < -0.4 is 5.32 Å². The topological polar surface area (TPSA) is 32.3 Å². The number of hydrogen-bond donors (Lipinski definition) is 2. The SMILES string of the molecule is CC(C)NC1(CO)CCCC(Sc2ccc(Br)cc2)C1. The summed E-state index contributed by atoms with van der Waals surface area (Å²) in [5.74, 6) is 0. The van der Waals surface area contributed by atoms with Gasteiger partial charge in [0, 0.05) is 26.2 Å². The van der Waals surface area contributed by atoms with Gasteiger partial charge in [-0.1, -0.05) is 36.2 Å². The van der Waals surface area contributed by atoms with Crippen LogP contribution in [0.25, 0.3) is 0 Å². The van der Waals surface area contributed by atoms with E-state index in [4.69, 9.17) is 0 Å². The van der Waals surface area contributed by atoms with E-state index in [0.29, 0.717) is 11.3 Å². The first-order valence-electron chi connectivity index (χ1n) is 7.34. The standard InChI is InChI=1S/C16H24BrNOS/c1-12(2)18-16(11-19)9-3-4-15(10-16)20-14-7-5-13(17)6-8-14/h5-8,12,15,18-19H,3-4,9-11H2,1-2H3. The summed E-state index contributed by atoms with van der Waals surface area (Å²) in [5, 5.41) is 14.0. The van der Waals surface area contributed by atoms with Gasteiger partial charge >= 0.3 is 0 Å². The van der Waals surface area contributed by atoms with Crippen molar-refractivity contribution in [1.29, 1.82) is 0 Å². The van der Waals surface area contributed by atoms with Gasteiger partial charge in [-0.15, -0.1) is 11.8 Å². The minimum absolute atomic E-state index is 0.0839. The minimum atomic E-state index is -0.0839. The highest BCUT2D eigenvalue weighted by Crippen LogP contribution is 2.38. The van der Waals surface area contributed by atoms with Crippen LogP contribution >= 0.6 is 27.7 Å². The molecule has 2 N–H and O–H groups in total. The lowest BCUT2D eigenvalue weighted by Crippen LogP contribution is -2.54. The predicted molar refractivity (Wildman–Crippen MR) is 90.3 cm³/mol. The number of halogens is 1. The van der Waals surface area contributed by atoms with E-state index < -0.39 is 0 Å². The third kappa shape index (κ3) is 4.48. The second-order valence-corrected chi connectivity index (χ2v) is 8.32. The summed E-state index contributed by atoms with van der Waals surface area (Å²) in [6.45, 7) is 4.55. The monoisotopic (exact) mass is 357 g/mol. The molecule has 1 fully saturated rings. The molecule has 1 aromatic rings. The molecule has 1 aliphatic carbocycles. The van der Waals surface area contributed by atoms with Crippen LogP contribution in [0.3, 0.4) is 0 Å². The van der Waals surface area contributed by atoms with Crippen LogP contribution in [-0.2, 0) is 0 Å². The quantitative estimate of drug-likeness (QED) is 0.827. The third-order valence-corrected chi connectivity index (χ3v) is 5.62. The molecule has 112 valence electrons. The number of benzene rings is 1. The summed E-state index contributed by atoms with van der Waals surface area (Å²) < 4.78 is 1.12. The molecule has 1 aromatic carbocycles. The van der Waals surface area contributed by atoms with Gasteiger partial charge in [-0.2, -0.15) is 0 Å². The van der Waals surface area contributed by atoms with Crippen molar-refractivity contribution in [3.05, 3.63) is 28.7 Å². The fourth-order valence-corrected chi connectivity index (χ4v) is 4.68. The maximum absolute atomic E-state index is 9.83. The first-order chi connectivity index (χ1) is 9.53. The van der Waals surface area contributed by atoms with Crippen LogP contribution in [0, 0.1) is 0 Å². The zero-order valence-electron chi connectivity index (χ0n) is 12.2. The lowest BCUT2D eigenvalue weighted by atomic mass is 9.81. The Morgan fingerprint density at radius 3 is 2.70 bits per heavy atom. The van der Waals surface area contributed by atoms with Crippen molar-refractivity contribution >= 4 is 27.7 Å². The van der Waals surface area contributed by atoms with Crippen LogP contribution in [0.2, 0.25) is 0 Å². The predicted octanol–water partition coefficient (Wildman–Crippen LogP) is 4.21. The van der Waals surface area contributed by atoms with Gasteiger partial charge in [0.25, 0.3) is 0 Å². The van der Waals surface area contributed by atoms with Crippen molar-refractivity contribution in [2.45, 2.75) is 61.3 Å². The number of aliphatic hydroxyl groups excluding tert-OH is 1. The number of thioether (sulfide) groups is 1. The van der Waals surface area contributed by atoms with Crippen LogP contribution in [0.4, 0.5) is 0 Å². The van der Waals surface area contributed by atoms with Crippen LogP contribution in [-0.4, -0.2) is 28.5 Å². The maximum Gasteiger partial charge on any atom is 0.0613 e. The summed E-state index contributed by atoms with van der Waals surface area (Å²) in [6, 6.07) is 8.94. The van der Waals surface area contributed by atoms with Crippen LogP contribution in [0.1, 0.15) is 39.5 Å². The molecule has 0 aromatic heterocycles. The molecular weight excluding hydrogens is 334 g/mol. The molecule has 0 radical (unpaired) electrons. The highest BCUT2D eigenvalue weighted by atomic mass is 79.9. The summed E-state index contributed by atoms with van der Waals surface area (Å²) >= 11 is 5.42. The molecule has 2 rings (SSSR count). The Morgan fingerprint density at radius 2 is 2.10 bits per heavy atom. The molecule has 20 heavy (non-hydrogen) atoms. The van der Waals surface area contributed by atoms with Crippen molar-refractivity contribution in [2.75, 3.05) is 6.61 Å². The zero-order chi connectivity index (χ0) is 14.6. The Labute approximate surface area is 134 Å². The molecule has 2 atom stereocenters. The number of aliphatic hydroxyl groups is 1. The largest absolute Gasteiger partial charge is 0.394 e. The number of rotatable bonds is 5. The minimum Gasteiger partial charge on any atom is -0.394 e. The summed E-state index contributed by atoms with van der Waals surface area (Å²) in [6.07, 6.45) is 4.55. The average molecular weight is 358 g/mol. The van der Waals surface area contributed by atoms with Crippen molar-refractivity contribution in [2.24, 2.45) is 0 Å². The summed E-state index contributed by atoms with van der Waals surface area (Å²) in [7, 11) is 0. The molecule has 0 aliphatic heterocycles. The molecule has 0 bridgehead atoms. The highest BCUT2D eigenvalue weighted by Gasteiger charge is 2.36. The molecule has 4 heteroatoms. The number of hydrogen-bond acceptors (Lipinski definition) is 3. The van der Waals surface area contributed by atoms with Gasteiger partial charge in [-0.25, -0.2) is 0 Å². The second kappa shape index (κ2) is 7.30. The molecule has 0 saturated heterocycles. The molecule has 0 spiro atoms. The Bertz CT molecular complexity index is 423. The van der Waals surface area contributed by atoms with Crippen molar-refractivity contribution < 1.29 is 5.11 Å². The van der Waals surface area contributed by atoms with E-state index in [1.807, 2.05) is 11.8 Å². The van der Waals surface area contributed by atoms with Gasteiger partial charge in [0.1, 0.15) is 0 Å². The molecule has 1 saturated carbocycles. The molecule has 0 amide bonds. The smallest absolute Gasteiger partial charge is 0.0613 e. The van der Waals surface area contributed by atoms with E-state index in [9.17, 15) is 5.11 Å². The maximum atomic E-state index is 9.83. The summed E-state index contributed by atoms with van der Waals surface area (Å²) in [4.78, 5) is 1.32. The van der Waals surface area contributed by atoms with E-state index in [0.717, 1.165) is 17.3 Å². The van der Waals surface area contributed by atoms with Gasteiger partial charge in [0.15, 0.2) is 0 Å². The lowest BCUT2D eigenvalue weighted by Gasteiger charge is -2.41. The Balaban J connectivity index is 2.00. The van der Waals surface area contributed by atoms with Crippen molar-refractivity contribution in [3.8, 4) is 0 Å². The van der Waals surface area contributed by atoms with Gasteiger partial charge in [-0.3, -0.25) is 0 Å². The second-order valence-electron chi connectivity index (χ2n) is 6.03. The van der Waals surface area contributed by atoms with Crippen LogP contribution in [0.15, 0.2) is 33.6 Å². The van der Waals surface area contributed by atoms with E-state index in [1.165, 1.54) is 17.7 Å². The fourth-order valence-electron chi connectivity index (χ4n) is 3.05. The summed E-state index contributed by atoms with van der Waals surface area (Å²) in [5.41, 5.74) is -0.0839. The van der Waals surface area contributed by atoms with E-state index >= 15 is 0 Å². The average Bonchev–Trinajstić information content (AvgIpc) is 2.41. The first kappa shape index (κ1) is 16.3. The van der Waals surface area contributed by atoms with E-state index in [-0.39, 0.29) is 12.1 Å². The van der Waals surface area contributed by atoms with Crippen molar-refractivity contribution in [3.63, 3.8) is 0 Å². The van der Waals surface area contributed by atoms with E-state index in [1.54, 1.807) is 0 Å². The molecule has 2 nitrogen and oxygen atoms in total. The van der Waals surface area contributed by atoms with Crippen molar-refractivity contribution in [1.82, 2.24) is 5.32 Å². The fraction of sp³-hybridized carbons (Fsp3) is 0.625. The number of nitrogens with one attached hydrogen (secondary N) is 1. The van der Waals surface area contributed by atoms with Gasteiger partial charge < -0.3 is 10.4 Å². The van der Waals surface area contributed by atoms with Gasteiger partial charge in [-0.05, 0) is 43.5 Å². The molecule has 2 unspecified atom stereocenters. The molecular formula is C16H24BrNOS. The molecule has 0 heterocycles. The zero-order valence-corrected chi connectivity index (χ0v) is 14.6. The van der Waals surface area contributed by atoms with E-state index in [2.05, 4.69) is 59.4 Å². The van der Waals surface area contributed by atoms with Gasteiger partial charge in [0.2, 0.25) is 0 Å². The Morgan fingerprint density at radius 1 is 1.40 bits per heavy atom. The van der Waals surface area contributed by atoms with Gasteiger partial charge in [0.05, 0.1) is 6.61 Å². The third-order valence-electron chi connectivity index (χ3n) is 3.81. The Kier molecular flexibility index (Phi) is 5.96.